The van der Waals surface area contributed by atoms with Gasteiger partial charge < -0.3 is 9.84 Å². The molecule has 153 valence electrons. The largest absolute Gasteiger partial charge is 0.460 e. The molecule has 4 atom stereocenters. The van der Waals surface area contributed by atoms with Crippen molar-refractivity contribution in [3.8, 4) is 0 Å². The van der Waals surface area contributed by atoms with Crippen LogP contribution in [0.15, 0.2) is 0 Å². The highest BCUT2D eigenvalue weighted by Crippen LogP contribution is 2.35. The predicted octanol–water partition coefficient (Wildman–Crippen LogP) is 5.80. The van der Waals surface area contributed by atoms with E-state index in [1.165, 1.54) is 6.42 Å². The lowest BCUT2D eigenvalue weighted by Crippen LogP contribution is -2.33. The minimum Gasteiger partial charge on any atom is -0.460 e. The monoisotopic (exact) mass is 377 g/mol. The van der Waals surface area contributed by atoms with Gasteiger partial charge in [-0.05, 0) is 63.2 Å². The zero-order chi connectivity index (χ0) is 24.0. The lowest BCUT2D eigenvalue weighted by atomic mass is 9.74. The Morgan fingerprint density at radius 1 is 1.31 bits per heavy atom. The van der Waals surface area contributed by atoms with Gasteiger partial charge in [0.15, 0.2) is 0 Å². The maximum absolute atomic E-state index is 12.3. The first-order valence-electron chi connectivity index (χ1n) is 12.9. The van der Waals surface area contributed by atoms with Gasteiger partial charge in [0.05, 0.1) is 12.5 Å². The molecular weight excluding hydrogens is 324 g/mol. The molecular formula is C23H43O3. The van der Waals surface area contributed by atoms with E-state index in [-0.39, 0.29) is 24.2 Å². The zero-order valence-electron chi connectivity index (χ0n) is 22.4. The second kappa shape index (κ2) is 10.7. The van der Waals surface area contributed by atoms with Gasteiger partial charge >= 0.3 is 5.97 Å². The molecule has 0 spiro atoms. The number of carbonyl (C=O) groups excluding carboxylic acids is 1. The molecule has 1 N–H and O–H groups in total. The van der Waals surface area contributed by atoms with Gasteiger partial charge in [-0.2, -0.15) is 0 Å². The number of hydrogen-bond acceptors (Lipinski definition) is 3. The van der Waals surface area contributed by atoms with E-state index in [0.29, 0.717) is 6.42 Å². The lowest BCUT2D eigenvalue weighted by Gasteiger charge is -2.34. The summed E-state index contributed by atoms with van der Waals surface area (Å²) in [6.07, 6.45) is 6.24. The van der Waals surface area contributed by atoms with Crippen LogP contribution in [0.25, 0.3) is 0 Å². The minimum atomic E-state index is -2.67. The number of aliphatic hydroxyl groups excluding tert-OH is 1. The first-order chi connectivity index (χ1) is 14.1. The average molecular weight is 378 g/mol. The third-order valence-electron chi connectivity index (χ3n) is 5.35. The number of aliphatic hydroxyl groups is 1. The third-order valence-corrected chi connectivity index (χ3v) is 5.35. The van der Waals surface area contributed by atoms with Crippen molar-refractivity contribution in [3.63, 3.8) is 0 Å². The molecule has 1 unspecified atom stereocenters. The lowest BCUT2D eigenvalue weighted by molar-refractivity contribution is -0.151. The Kier molecular flexibility index (Phi) is 6.74. The van der Waals surface area contributed by atoms with E-state index in [1.54, 1.807) is 20.8 Å². The smallest absolute Gasteiger partial charge is 0.310 e. The molecule has 1 aliphatic carbocycles. The van der Waals surface area contributed by atoms with Gasteiger partial charge in [0.1, 0.15) is 5.60 Å². The van der Waals surface area contributed by atoms with E-state index in [2.05, 4.69) is 0 Å². The fourth-order valence-electron chi connectivity index (χ4n) is 3.80. The van der Waals surface area contributed by atoms with Crippen LogP contribution in [0, 0.1) is 36.0 Å². The van der Waals surface area contributed by atoms with Crippen LogP contribution in [0.5, 0.6) is 0 Å². The van der Waals surface area contributed by atoms with Crippen LogP contribution < -0.4 is 0 Å². The first kappa shape index (κ1) is 16.4. The Morgan fingerprint density at radius 3 is 2.46 bits per heavy atom. The summed E-state index contributed by atoms with van der Waals surface area (Å²) in [4.78, 5) is 12.3. The molecule has 3 heteroatoms. The van der Waals surface area contributed by atoms with Crippen LogP contribution >= 0.6 is 0 Å². The standard InChI is InChI=1S/C23H43O3/c1-16(2)19(15-22(25)26-23(5,6)7)14-21(24)20(17(3)4)13-18-11-9-8-10-12-18/h15-21,24H,8-14H2,1-7H3/t19-,20+,21+/m1/s1/i3T,4T3,17T/t17?,19-,20+,21+. The predicted molar refractivity (Wildman–Crippen MR) is 109 cm³/mol. The van der Waals surface area contributed by atoms with Gasteiger partial charge in [0.25, 0.3) is 0 Å². The summed E-state index contributed by atoms with van der Waals surface area (Å²) in [7, 11) is 0. The van der Waals surface area contributed by atoms with Crippen molar-refractivity contribution >= 4 is 5.97 Å². The Labute approximate surface area is 169 Å². The Hall–Kier alpha value is -0.570. The third kappa shape index (κ3) is 8.88. The quantitative estimate of drug-likeness (QED) is 0.517. The van der Waals surface area contributed by atoms with E-state index in [0.717, 1.165) is 32.1 Å². The van der Waals surface area contributed by atoms with Crippen LogP contribution in [0.3, 0.4) is 0 Å². The molecule has 0 saturated heterocycles. The highest BCUT2D eigenvalue weighted by Gasteiger charge is 2.31. The molecule has 26 heavy (non-hydrogen) atoms. The Bertz CT molecular complexity index is 552. The maximum Gasteiger partial charge on any atom is 0.310 e. The van der Waals surface area contributed by atoms with Crippen molar-refractivity contribution in [2.45, 2.75) is 105 Å². The van der Waals surface area contributed by atoms with Crippen LogP contribution in [-0.2, 0) is 9.53 Å². The molecule has 3 nitrogen and oxygen atoms in total. The number of rotatable bonds is 9. The van der Waals surface area contributed by atoms with Gasteiger partial charge in [-0.25, -0.2) is 0 Å². The molecule has 0 bridgehead atoms. The molecule has 0 aromatic heterocycles. The van der Waals surface area contributed by atoms with Gasteiger partial charge in [0.2, 0.25) is 0 Å². The highest BCUT2D eigenvalue weighted by molar-refractivity contribution is 5.79. The van der Waals surface area contributed by atoms with E-state index in [1.807, 2.05) is 13.8 Å². The topological polar surface area (TPSA) is 46.5 Å². The normalized spacial score (nSPS) is 25.7. The SMILES string of the molecule is [3H]CC([3H])([C@H](CC1CCCCC1)[C@@H](O)C[C@H]([CH]C(=O)OC(C)(C)C)C(C)C)C([3H])([3H])[3H]. The number of carbonyl (C=O) groups is 1. The second-order valence-electron chi connectivity index (χ2n) is 9.28. The summed E-state index contributed by atoms with van der Waals surface area (Å²) in [5, 5.41) is 11.2. The Morgan fingerprint density at radius 2 is 1.96 bits per heavy atom. The molecule has 1 fully saturated rings. The molecule has 1 radical (unpaired) electrons. The van der Waals surface area contributed by atoms with Crippen molar-refractivity contribution in [3.05, 3.63) is 6.42 Å². The second-order valence-corrected chi connectivity index (χ2v) is 9.28. The Balaban J connectivity index is 3.07. The van der Waals surface area contributed by atoms with Crippen molar-refractivity contribution in [1.82, 2.24) is 0 Å². The van der Waals surface area contributed by atoms with Crippen molar-refractivity contribution in [1.29, 1.82) is 0 Å². The summed E-state index contributed by atoms with van der Waals surface area (Å²) in [5.41, 5.74) is -0.625. The summed E-state index contributed by atoms with van der Waals surface area (Å²) in [6.45, 7) is 5.98. The number of esters is 1. The summed E-state index contributed by atoms with van der Waals surface area (Å²) in [5.74, 6) is -3.38. The van der Waals surface area contributed by atoms with E-state index in [4.69, 9.17) is 11.6 Å². The molecule has 0 aliphatic heterocycles. The van der Waals surface area contributed by atoms with Crippen LogP contribution in [0.1, 0.15) is 100 Å². The van der Waals surface area contributed by atoms with E-state index >= 15 is 0 Å². The molecule has 0 amide bonds. The van der Waals surface area contributed by atoms with E-state index < -0.39 is 43.2 Å². The van der Waals surface area contributed by atoms with Crippen molar-refractivity contribution in [2.24, 2.45) is 29.6 Å². The average Bonchev–Trinajstić information content (AvgIpc) is 2.63. The van der Waals surface area contributed by atoms with E-state index in [9.17, 15) is 9.90 Å². The zero-order valence-corrected chi connectivity index (χ0v) is 17.4. The molecule has 1 rings (SSSR count). The van der Waals surface area contributed by atoms with Crippen LogP contribution in [0.2, 0.25) is 0 Å². The fourth-order valence-corrected chi connectivity index (χ4v) is 3.80. The maximum atomic E-state index is 12.3. The van der Waals surface area contributed by atoms with Gasteiger partial charge in [-0.3, -0.25) is 4.79 Å². The molecule has 0 aromatic carbocycles. The van der Waals surface area contributed by atoms with Crippen LogP contribution in [0.4, 0.5) is 0 Å². The van der Waals surface area contributed by atoms with Crippen molar-refractivity contribution in [2.75, 3.05) is 0 Å². The van der Waals surface area contributed by atoms with Crippen molar-refractivity contribution < 1.29 is 21.5 Å². The number of ether oxygens (including phenoxy) is 1. The van der Waals surface area contributed by atoms with Gasteiger partial charge in [-0.15, -0.1) is 0 Å². The van der Waals surface area contributed by atoms with Gasteiger partial charge in [-0.1, -0.05) is 59.7 Å². The van der Waals surface area contributed by atoms with Gasteiger partial charge in [0, 0.05) is 6.85 Å². The van der Waals surface area contributed by atoms with Crippen LogP contribution in [-0.4, -0.2) is 22.8 Å². The summed E-state index contributed by atoms with van der Waals surface area (Å²) >= 11 is 0. The molecule has 1 aliphatic rings. The number of hydrogen-bond donors (Lipinski definition) is 1. The molecule has 0 aromatic rings. The summed E-state index contributed by atoms with van der Waals surface area (Å²) in [6, 6.07) is 0. The molecule has 0 heterocycles. The fraction of sp³-hybridized carbons (Fsp3) is 0.913. The summed E-state index contributed by atoms with van der Waals surface area (Å²) < 4.78 is 45.8. The highest BCUT2D eigenvalue weighted by atomic mass is 16.6. The molecule has 1 saturated carbocycles. The first-order valence-corrected chi connectivity index (χ1v) is 10.2. The minimum absolute atomic E-state index is 0.0291.